The fourth-order valence-corrected chi connectivity index (χ4v) is 3.47. The summed E-state index contributed by atoms with van der Waals surface area (Å²) in [6, 6.07) is 15.1. The summed E-state index contributed by atoms with van der Waals surface area (Å²) in [5, 5.41) is 16.5. The highest BCUT2D eigenvalue weighted by molar-refractivity contribution is 7.14. The number of primary amides is 1. The zero-order chi connectivity index (χ0) is 21.0. The van der Waals surface area contributed by atoms with Gasteiger partial charge >= 0.3 is 12.0 Å². The van der Waals surface area contributed by atoms with Crippen LogP contribution in [0.3, 0.4) is 0 Å². The van der Waals surface area contributed by atoms with E-state index in [1.807, 2.05) is 30.3 Å². The van der Waals surface area contributed by atoms with Crippen LogP contribution in [0.1, 0.15) is 15.9 Å². The molecule has 0 saturated heterocycles. The number of aliphatic carboxylic acids is 1. The minimum absolute atomic E-state index is 0.0951. The third-order valence-corrected chi connectivity index (χ3v) is 4.95. The number of carbonyl (C=O) groups is 3. The molecule has 1 aromatic heterocycles. The van der Waals surface area contributed by atoms with Crippen molar-refractivity contribution in [3.05, 3.63) is 77.7 Å². The van der Waals surface area contributed by atoms with Gasteiger partial charge in [0.2, 0.25) is 0 Å². The van der Waals surface area contributed by atoms with Crippen LogP contribution in [0.2, 0.25) is 0 Å². The molecule has 0 spiro atoms. The van der Waals surface area contributed by atoms with E-state index in [0.717, 1.165) is 16.9 Å². The van der Waals surface area contributed by atoms with Gasteiger partial charge in [0.05, 0.1) is 16.8 Å². The van der Waals surface area contributed by atoms with Crippen molar-refractivity contribution >= 4 is 45.5 Å². The van der Waals surface area contributed by atoms with E-state index in [0.29, 0.717) is 21.8 Å². The molecule has 0 unspecified atom stereocenters. The largest absolute Gasteiger partial charge is 0.478 e. The van der Waals surface area contributed by atoms with Gasteiger partial charge in [-0.2, -0.15) is 0 Å². The number of anilines is 2. The quantitative estimate of drug-likeness (QED) is 0.456. The topological polar surface area (TPSA) is 122 Å². The molecule has 1 heterocycles. The molecule has 0 radical (unpaired) electrons. The number of amides is 3. The monoisotopic (exact) mass is 407 g/mol. The van der Waals surface area contributed by atoms with Crippen LogP contribution in [0.25, 0.3) is 16.7 Å². The highest BCUT2D eigenvalue weighted by Crippen LogP contribution is 2.31. The SMILES string of the molecule is C=C(C(=O)O)c1ccc(-c2ccccc2)c(NC(=O)Nc2sccc2C(N)=O)c1. The molecule has 0 bridgehead atoms. The van der Waals surface area contributed by atoms with Crippen molar-refractivity contribution in [1.82, 2.24) is 0 Å². The molecular formula is C21H17N3O4S. The van der Waals surface area contributed by atoms with E-state index in [9.17, 15) is 19.5 Å². The first kappa shape index (κ1) is 19.8. The summed E-state index contributed by atoms with van der Waals surface area (Å²) in [7, 11) is 0. The zero-order valence-electron chi connectivity index (χ0n) is 15.1. The van der Waals surface area contributed by atoms with Gasteiger partial charge in [0.15, 0.2) is 0 Å². The average molecular weight is 407 g/mol. The molecule has 0 aliphatic carbocycles. The highest BCUT2D eigenvalue weighted by Gasteiger charge is 2.16. The number of carboxylic acid groups (broad SMARTS) is 1. The first-order chi connectivity index (χ1) is 13.9. The van der Waals surface area contributed by atoms with E-state index < -0.39 is 17.9 Å². The molecule has 0 saturated carbocycles. The Morgan fingerprint density at radius 3 is 2.38 bits per heavy atom. The Hall–Kier alpha value is -3.91. The normalized spacial score (nSPS) is 10.2. The number of hydrogen-bond donors (Lipinski definition) is 4. The molecule has 0 atom stereocenters. The number of nitrogens with two attached hydrogens (primary N) is 1. The smallest absolute Gasteiger partial charge is 0.335 e. The van der Waals surface area contributed by atoms with Gasteiger partial charge in [-0.1, -0.05) is 49.0 Å². The average Bonchev–Trinajstić information content (AvgIpc) is 3.16. The number of urea groups is 1. The summed E-state index contributed by atoms with van der Waals surface area (Å²) in [4.78, 5) is 35.2. The third kappa shape index (κ3) is 4.50. The van der Waals surface area contributed by atoms with Gasteiger partial charge in [0.25, 0.3) is 5.91 Å². The number of rotatable bonds is 6. The van der Waals surface area contributed by atoms with Crippen molar-refractivity contribution in [2.45, 2.75) is 0 Å². The lowest BCUT2D eigenvalue weighted by molar-refractivity contribution is -0.130. The van der Waals surface area contributed by atoms with Gasteiger partial charge in [0, 0.05) is 5.56 Å². The standard InChI is InChI=1S/C21H17N3O4S/c1-12(20(26)27)14-7-8-15(13-5-3-2-4-6-13)17(11-14)23-21(28)24-19-16(18(22)25)9-10-29-19/h2-11H,1H2,(H2,22,25)(H,26,27)(H2,23,24,28). The van der Waals surface area contributed by atoms with Crippen molar-refractivity contribution in [2.75, 3.05) is 10.6 Å². The number of carbonyl (C=O) groups excluding carboxylic acids is 2. The molecule has 146 valence electrons. The van der Waals surface area contributed by atoms with Gasteiger partial charge in [-0.15, -0.1) is 11.3 Å². The van der Waals surface area contributed by atoms with Crippen molar-refractivity contribution in [2.24, 2.45) is 5.73 Å². The number of hydrogen-bond acceptors (Lipinski definition) is 4. The number of carboxylic acids is 1. The molecule has 29 heavy (non-hydrogen) atoms. The maximum absolute atomic E-state index is 12.5. The molecule has 2 aromatic carbocycles. The Morgan fingerprint density at radius 1 is 1.00 bits per heavy atom. The summed E-state index contributed by atoms with van der Waals surface area (Å²) in [6.07, 6.45) is 0. The molecular weight excluding hydrogens is 390 g/mol. The molecule has 0 aliphatic heterocycles. The number of thiophene rings is 1. The third-order valence-electron chi connectivity index (χ3n) is 4.12. The minimum Gasteiger partial charge on any atom is -0.478 e. The van der Waals surface area contributed by atoms with Crippen molar-refractivity contribution in [3.63, 3.8) is 0 Å². The second-order valence-corrected chi connectivity index (χ2v) is 6.93. The van der Waals surface area contributed by atoms with Gasteiger partial charge in [-0.25, -0.2) is 9.59 Å². The highest BCUT2D eigenvalue weighted by atomic mass is 32.1. The maximum atomic E-state index is 12.5. The Bertz CT molecular complexity index is 1110. The summed E-state index contributed by atoms with van der Waals surface area (Å²) >= 11 is 1.16. The van der Waals surface area contributed by atoms with Crippen LogP contribution < -0.4 is 16.4 Å². The lowest BCUT2D eigenvalue weighted by Crippen LogP contribution is -2.21. The molecule has 7 nitrogen and oxygen atoms in total. The van der Waals surface area contributed by atoms with Crippen molar-refractivity contribution in [1.29, 1.82) is 0 Å². The van der Waals surface area contributed by atoms with E-state index in [4.69, 9.17) is 5.73 Å². The van der Waals surface area contributed by atoms with E-state index in [1.165, 1.54) is 6.07 Å². The van der Waals surface area contributed by atoms with Crippen LogP contribution in [0.5, 0.6) is 0 Å². The Balaban J connectivity index is 1.94. The Kier molecular flexibility index (Phi) is 5.75. The van der Waals surface area contributed by atoms with E-state index in [2.05, 4.69) is 17.2 Å². The molecule has 5 N–H and O–H groups in total. The fourth-order valence-electron chi connectivity index (χ4n) is 2.69. The van der Waals surface area contributed by atoms with Crippen LogP contribution in [0.15, 0.2) is 66.6 Å². The summed E-state index contributed by atoms with van der Waals surface area (Å²) < 4.78 is 0. The van der Waals surface area contributed by atoms with E-state index >= 15 is 0 Å². The first-order valence-electron chi connectivity index (χ1n) is 8.44. The molecule has 0 fully saturated rings. The van der Waals surface area contributed by atoms with Crippen LogP contribution >= 0.6 is 11.3 Å². The molecule has 3 rings (SSSR count). The second-order valence-electron chi connectivity index (χ2n) is 6.02. The lowest BCUT2D eigenvalue weighted by Gasteiger charge is -2.14. The minimum atomic E-state index is -1.16. The Morgan fingerprint density at radius 2 is 1.72 bits per heavy atom. The van der Waals surface area contributed by atoms with Crippen LogP contribution in [0.4, 0.5) is 15.5 Å². The van der Waals surface area contributed by atoms with Crippen LogP contribution in [0, 0.1) is 0 Å². The van der Waals surface area contributed by atoms with Crippen LogP contribution in [-0.4, -0.2) is 23.0 Å². The van der Waals surface area contributed by atoms with Gasteiger partial charge < -0.3 is 16.2 Å². The predicted octanol–water partition coefficient (Wildman–Crippen LogP) is 4.26. The fraction of sp³-hybridized carbons (Fsp3) is 0. The lowest BCUT2D eigenvalue weighted by atomic mass is 9.99. The van der Waals surface area contributed by atoms with E-state index in [1.54, 1.807) is 23.6 Å². The first-order valence-corrected chi connectivity index (χ1v) is 9.32. The molecule has 3 amide bonds. The maximum Gasteiger partial charge on any atom is 0.335 e. The second kappa shape index (κ2) is 8.41. The van der Waals surface area contributed by atoms with Gasteiger partial charge in [-0.3, -0.25) is 10.1 Å². The van der Waals surface area contributed by atoms with Crippen molar-refractivity contribution < 1.29 is 19.5 Å². The number of benzene rings is 2. The predicted molar refractivity (Wildman–Crippen MR) is 114 cm³/mol. The summed E-state index contributed by atoms with van der Waals surface area (Å²) in [5.74, 6) is -1.80. The summed E-state index contributed by atoms with van der Waals surface area (Å²) in [5.41, 5.74) is 7.71. The van der Waals surface area contributed by atoms with Crippen molar-refractivity contribution in [3.8, 4) is 11.1 Å². The molecule has 8 heteroatoms. The number of nitrogens with one attached hydrogen (secondary N) is 2. The zero-order valence-corrected chi connectivity index (χ0v) is 16.0. The summed E-state index contributed by atoms with van der Waals surface area (Å²) in [6.45, 7) is 3.56. The Labute approximate surface area is 170 Å². The molecule has 3 aromatic rings. The van der Waals surface area contributed by atoms with E-state index in [-0.39, 0.29) is 11.1 Å². The molecule has 0 aliphatic rings. The van der Waals surface area contributed by atoms with Gasteiger partial charge in [-0.05, 0) is 28.6 Å². The van der Waals surface area contributed by atoms with Gasteiger partial charge in [0.1, 0.15) is 5.00 Å². The van der Waals surface area contributed by atoms with Crippen LogP contribution in [-0.2, 0) is 4.79 Å².